The first-order valence-corrected chi connectivity index (χ1v) is 4.12. The van der Waals surface area contributed by atoms with Crippen molar-refractivity contribution in [1.29, 1.82) is 0 Å². The minimum atomic E-state index is 0.722. The summed E-state index contributed by atoms with van der Waals surface area (Å²) in [5.41, 5.74) is 1.69. The number of aromatic nitrogens is 4. The predicted octanol–water partition coefficient (Wildman–Crippen LogP) is 1.06. The minimum absolute atomic E-state index is 0.722. The second-order valence-corrected chi connectivity index (χ2v) is 2.93. The van der Waals surface area contributed by atoms with Crippen LogP contribution in [-0.2, 0) is 0 Å². The molecule has 2 rings (SSSR count). The van der Waals surface area contributed by atoms with E-state index in [1.54, 1.807) is 11.7 Å². The lowest BCUT2D eigenvalue weighted by molar-refractivity contribution is 1.15. The van der Waals surface area contributed by atoms with E-state index in [0.717, 1.165) is 10.7 Å². The third-order valence-corrected chi connectivity index (χ3v) is 2.08. The van der Waals surface area contributed by atoms with Crippen LogP contribution in [0.15, 0.2) is 11.7 Å². The molecule has 50 valence electrons. The lowest BCUT2D eigenvalue weighted by atomic mass is 10.5. The molecule has 4 nitrogen and oxygen atoms in total. The molecule has 0 amide bonds. The predicted molar refractivity (Wildman–Crippen MR) is 38.8 cm³/mol. The van der Waals surface area contributed by atoms with E-state index in [9.17, 15) is 0 Å². The maximum absolute atomic E-state index is 4.02. The Morgan fingerprint density at radius 1 is 1.40 bits per heavy atom. The molecule has 0 radical (unpaired) electrons. The van der Waals surface area contributed by atoms with Crippen LogP contribution in [0.3, 0.4) is 0 Å². The van der Waals surface area contributed by atoms with Crippen molar-refractivity contribution in [2.24, 2.45) is 0 Å². The van der Waals surface area contributed by atoms with Crippen molar-refractivity contribution in [2.75, 3.05) is 0 Å². The zero-order valence-corrected chi connectivity index (χ0v) is 6.39. The zero-order valence-electron chi connectivity index (χ0n) is 4.76. The van der Waals surface area contributed by atoms with Gasteiger partial charge in [-0.1, -0.05) is 4.49 Å². The molecular weight excluding hydrogens is 168 g/mol. The molecule has 0 fully saturated rings. The summed E-state index contributed by atoms with van der Waals surface area (Å²) in [5.74, 6) is 0.722. The maximum Gasteiger partial charge on any atom is 0.186 e. The van der Waals surface area contributed by atoms with Crippen molar-refractivity contribution in [2.45, 2.75) is 0 Å². The van der Waals surface area contributed by atoms with Gasteiger partial charge in [-0.25, -0.2) is 4.98 Å². The van der Waals surface area contributed by atoms with Gasteiger partial charge in [-0.2, -0.15) is 4.37 Å². The van der Waals surface area contributed by atoms with Crippen LogP contribution in [0.25, 0.3) is 10.7 Å². The van der Waals surface area contributed by atoms with Gasteiger partial charge >= 0.3 is 0 Å². The van der Waals surface area contributed by atoms with E-state index in [2.05, 4.69) is 18.9 Å². The molecule has 10 heavy (non-hydrogen) atoms. The monoisotopic (exact) mass is 170 g/mol. The van der Waals surface area contributed by atoms with Crippen LogP contribution in [0.1, 0.15) is 0 Å². The van der Waals surface area contributed by atoms with E-state index >= 15 is 0 Å². The van der Waals surface area contributed by atoms with Gasteiger partial charge < -0.3 is 0 Å². The topological polar surface area (TPSA) is 51.6 Å². The average molecular weight is 170 g/mol. The van der Waals surface area contributed by atoms with Gasteiger partial charge in [0.2, 0.25) is 0 Å². The van der Waals surface area contributed by atoms with Gasteiger partial charge in [-0.05, 0) is 23.1 Å². The summed E-state index contributed by atoms with van der Waals surface area (Å²) < 4.78 is 7.71. The highest BCUT2D eigenvalue weighted by Crippen LogP contribution is 2.16. The molecule has 0 N–H and O–H groups in total. The van der Waals surface area contributed by atoms with Crippen LogP contribution in [0.4, 0.5) is 0 Å². The van der Waals surface area contributed by atoms with E-state index in [1.165, 1.54) is 23.1 Å². The molecule has 0 aliphatic rings. The second kappa shape index (κ2) is 2.39. The highest BCUT2D eigenvalue weighted by atomic mass is 32.1. The van der Waals surface area contributed by atoms with Gasteiger partial charge in [0.05, 0.1) is 6.20 Å². The van der Waals surface area contributed by atoms with Gasteiger partial charge in [0.25, 0.3) is 0 Å². The SMILES string of the molecule is c1nc(-c2cnns2)ns1. The van der Waals surface area contributed by atoms with Gasteiger partial charge in [0.15, 0.2) is 5.82 Å². The lowest BCUT2D eigenvalue weighted by Crippen LogP contribution is -1.71. The number of hydrogen-bond donors (Lipinski definition) is 0. The molecular formula is C4H2N4S2. The fourth-order valence-corrected chi connectivity index (χ4v) is 1.50. The molecule has 2 aromatic heterocycles. The molecule has 0 aromatic carbocycles. The molecule has 0 saturated carbocycles. The number of hydrogen-bond acceptors (Lipinski definition) is 6. The fourth-order valence-electron chi connectivity index (χ4n) is 0.545. The van der Waals surface area contributed by atoms with E-state index in [-0.39, 0.29) is 0 Å². The molecule has 6 heteroatoms. The lowest BCUT2D eigenvalue weighted by Gasteiger charge is -1.78. The molecule has 0 aliphatic carbocycles. The quantitative estimate of drug-likeness (QED) is 0.642. The third-order valence-electron chi connectivity index (χ3n) is 0.943. The first-order valence-electron chi connectivity index (χ1n) is 2.51. The Morgan fingerprint density at radius 2 is 2.40 bits per heavy atom. The van der Waals surface area contributed by atoms with Crippen molar-refractivity contribution >= 4 is 23.1 Å². The van der Waals surface area contributed by atoms with Crippen molar-refractivity contribution < 1.29 is 0 Å². The summed E-state index contributed by atoms with van der Waals surface area (Å²) in [4.78, 5) is 4.91. The molecule has 0 saturated heterocycles. The third kappa shape index (κ3) is 0.910. The highest BCUT2D eigenvalue weighted by Gasteiger charge is 2.02. The first-order chi connectivity index (χ1) is 4.97. The van der Waals surface area contributed by atoms with Gasteiger partial charge in [0, 0.05) is 0 Å². The maximum atomic E-state index is 4.02. The normalized spacial score (nSPS) is 10.0. The van der Waals surface area contributed by atoms with Crippen LogP contribution in [0, 0.1) is 0 Å². The summed E-state index contributed by atoms with van der Waals surface area (Å²) in [6.45, 7) is 0. The molecule has 0 atom stereocenters. The minimum Gasteiger partial charge on any atom is -0.222 e. The van der Waals surface area contributed by atoms with Gasteiger partial charge in [0.1, 0.15) is 10.4 Å². The zero-order chi connectivity index (χ0) is 6.81. The first kappa shape index (κ1) is 5.87. The molecule has 0 bridgehead atoms. The van der Waals surface area contributed by atoms with Crippen LogP contribution < -0.4 is 0 Å². The summed E-state index contributed by atoms with van der Waals surface area (Å²) in [7, 11) is 0. The number of rotatable bonds is 1. The largest absolute Gasteiger partial charge is 0.222 e. The highest BCUT2D eigenvalue weighted by molar-refractivity contribution is 7.09. The Labute approximate surface area is 64.9 Å². The van der Waals surface area contributed by atoms with Crippen molar-refractivity contribution in [3.05, 3.63) is 11.7 Å². The van der Waals surface area contributed by atoms with Crippen LogP contribution in [0.2, 0.25) is 0 Å². The Balaban J connectivity index is 2.48. The van der Waals surface area contributed by atoms with E-state index in [4.69, 9.17) is 0 Å². The van der Waals surface area contributed by atoms with Gasteiger partial charge in [-0.3, -0.25) is 0 Å². The molecule has 0 spiro atoms. The number of nitrogens with zero attached hydrogens (tertiary/aromatic N) is 4. The smallest absolute Gasteiger partial charge is 0.186 e. The van der Waals surface area contributed by atoms with E-state index in [0.29, 0.717) is 0 Å². The Kier molecular flexibility index (Phi) is 1.40. The second-order valence-electron chi connectivity index (χ2n) is 1.54. The van der Waals surface area contributed by atoms with Crippen molar-refractivity contribution in [3.63, 3.8) is 0 Å². The van der Waals surface area contributed by atoms with Crippen LogP contribution in [0.5, 0.6) is 0 Å². The summed E-state index contributed by atoms with van der Waals surface area (Å²) in [6.07, 6.45) is 1.66. The molecule has 0 unspecified atom stereocenters. The van der Waals surface area contributed by atoms with Gasteiger partial charge in [-0.15, -0.1) is 5.10 Å². The Morgan fingerprint density at radius 3 is 3.00 bits per heavy atom. The average Bonchev–Trinajstić information content (AvgIpc) is 2.59. The fraction of sp³-hybridized carbons (Fsp3) is 0. The standard InChI is InChI=1S/C4H2N4S2/c1-3(10-8-6-1)4-5-2-9-7-4/h1-2H. The summed E-state index contributed by atoms with van der Waals surface area (Å²) >= 11 is 2.63. The van der Waals surface area contributed by atoms with Crippen molar-refractivity contribution in [1.82, 2.24) is 18.9 Å². The Bertz CT molecular complexity index is 255. The van der Waals surface area contributed by atoms with E-state index < -0.39 is 0 Å². The molecule has 2 aromatic rings. The Hall–Kier alpha value is -0.880. The van der Waals surface area contributed by atoms with Crippen LogP contribution >= 0.6 is 23.1 Å². The molecule has 0 aliphatic heterocycles. The van der Waals surface area contributed by atoms with E-state index in [1.807, 2.05) is 0 Å². The molecule has 2 heterocycles. The van der Waals surface area contributed by atoms with Crippen molar-refractivity contribution in [3.8, 4) is 10.7 Å². The summed E-state index contributed by atoms with van der Waals surface area (Å²) in [6, 6.07) is 0. The van der Waals surface area contributed by atoms with Crippen LogP contribution in [-0.4, -0.2) is 18.9 Å². The summed E-state index contributed by atoms with van der Waals surface area (Å²) in [5, 5.41) is 3.67.